The van der Waals surface area contributed by atoms with Gasteiger partial charge in [0, 0.05) is 13.0 Å². The molecule has 0 saturated carbocycles. The number of halogens is 2. The number of rotatable bonds is 5. The standard InChI is InChI=1S/C13H16Cl2N2O3/c1-8(9-4-3-5-10(14)12(9)15)17-11(18)6-7-16-13(19)20-2/h3-5,8H,6-7H2,1-2H3,(H,16,19)(H,17,18)/t8-/m1/s1. The summed E-state index contributed by atoms with van der Waals surface area (Å²) < 4.78 is 4.40. The number of ether oxygens (including phenoxy) is 1. The maximum Gasteiger partial charge on any atom is 0.406 e. The van der Waals surface area contributed by atoms with Gasteiger partial charge in [-0.2, -0.15) is 0 Å². The van der Waals surface area contributed by atoms with E-state index in [0.717, 1.165) is 5.56 Å². The van der Waals surface area contributed by atoms with Crippen LogP contribution >= 0.6 is 23.2 Å². The van der Waals surface area contributed by atoms with Gasteiger partial charge in [0.15, 0.2) is 0 Å². The lowest BCUT2D eigenvalue weighted by molar-refractivity contribution is -0.121. The fourth-order valence-electron chi connectivity index (χ4n) is 1.60. The Morgan fingerprint density at radius 3 is 2.70 bits per heavy atom. The Morgan fingerprint density at radius 1 is 1.35 bits per heavy atom. The van der Waals surface area contributed by atoms with Gasteiger partial charge >= 0.3 is 6.09 Å². The molecule has 0 aliphatic carbocycles. The van der Waals surface area contributed by atoms with E-state index >= 15 is 0 Å². The van der Waals surface area contributed by atoms with Crippen molar-refractivity contribution in [1.82, 2.24) is 10.6 Å². The molecule has 5 nitrogen and oxygen atoms in total. The molecular weight excluding hydrogens is 303 g/mol. The maximum absolute atomic E-state index is 11.7. The molecule has 110 valence electrons. The van der Waals surface area contributed by atoms with Gasteiger partial charge in [0.25, 0.3) is 0 Å². The van der Waals surface area contributed by atoms with E-state index < -0.39 is 6.09 Å². The molecule has 1 rings (SSSR count). The van der Waals surface area contributed by atoms with E-state index in [9.17, 15) is 9.59 Å². The van der Waals surface area contributed by atoms with Crippen LogP contribution in [0.3, 0.4) is 0 Å². The molecule has 2 amide bonds. The summed E-state index contributed by atoms with van der Waals surface area (Å²) in [5.41, 5.74) is 0.744. The number of carbonyl (C=O) groups excluding carboxylic acids is 2. The molecule has 1 aromatic carbocycles. The summed E-state index contributed by atoms with van der Waals surface area (Å²) in [7, 11) is 1.26. The lowest BCUT2D eigenvalue weighted by Crippen LogP contribution is -2.32. The van der Waals surface area contributed by atoms with E-state index in [4.69, 9.17) is 23.2 Å². The van der Waals surface area contributed by atoms with Crippen molar-refractivity contribution in [3.63, 3.8) is 0 Å². The summed E-state index contributed by atoms with van der Waals surface area (Å²) in [5.74, 6) is -0.204. The van der Waals surface area contributed by atoms with Crippen molar-refractivity contribution >= 4 is 35.2 Å². The Bertz CT molecular complexity index is 495. The van der Waals surface area contributed by atoms with E-state index in [1.165, 1.54) is 7.11 Å². The van der Waals surface area contributed by atoms with E-state index in [1.54, 1.807) is 18.2 Å². The van der Waals surface area contributed by atoms with Crippen LogP contribution in [0.15, 0.2) is 18.2 Å². The molecule has 0 heterocycles. The summed E-state index contributed by atoms with van der Waals surface area (Å²) in [6, 6.07) is 4.98. The Morgan fingerprint density at radius 2 is 2.05 bits per heavy atom. The Labute approximate surface area is 127 Å². The third-order valence-corrected chi connectivity index (χ3v) is 3.47. The molecule has 0 radical (unpaired) electrons. The molecule has 2 N–H and O–H groups in total. The predicted molar refractivity (Wildman–Crippen MR) is 78.0 cm³/mol. The lowest BCUT2D eigenvalue weighted by Gasteiger charge is -2.16. The van der Waals surface area contributed by atoms with Gasteiger partial charge in [0.1, 0.15) is 0 Å². The van der Waals surface area contributed by atoms with Crippen molar-refractivity contribution in [2.75, 3.05) is 13.7 Å². The molecular formula is C13H16Cl2N2O3. The molecule has 0 unspecified atom stereocenters. The third-order valence-electron chi connectivity index (χ3n) is 2.63. The largest absolute Gasteiger partial charge is 0.453 e. The van der Waals surface area contributed by atoms with Crippen LogP contribution in [-0.4, -0.2) is 25.7 Å². The highest BCUT2D eigenvalue weighted by molar-refractivity contribution is 6.42. The summed E-state index contributed by atoms with van der Waals surface area (Å²) in [6.45, 7) is 2.01. The number of alkyl carbamates (subject to hydrolysis) is 1. The number of carbonyl (C=O) groups is 2. The van der Waals surface area contributed by atoms with Gasteiger partial charge < -0.3 is 15.4 Å². The molecule has 1 aromatic rings. The van der Waals surface area contributed by atoms with Crippen LogP contribution in [-0.2, 0) is 9.53 Å². The van der Waals surface area contributed by atoms with Gasteiger partial charge in [0.2, 0.25) is 5.91 Å². The van der Waals surface area contributed by atoms with Crippen LogP contribution in [0.25, 0.3) is 0 Å². The third kappa shape index (κ3) is 4.90. The van der Waals surface area contributed by atoms with Crippen molar-refractivity contribution in [1.29, 1.82) is 0 Å². The average molecular weight is 319 g/mol. The molecule has 1 atom stereocenters. The SMILES string of the molecule is COC(=O)NCCC(=O)N[C@H](C)c1cccc(Cl)c1Cl. The topological polar surface area (TPSA) is 67.4 Å². The number of hydrogen-bond acceptors (Lipinski definition) is 3. The highest BCUT2D eigenvalue weighted by Gasteiger charge is 2.14. The second kappa shape index (κ2) is 7.97. The maximum atomic E-state index is 11.7. The normalized spacial score (nSPS) is 11.6. The first-order valence-electron chi connectivity index (χ1n) is 6.00. The van der Waals surface area contributed by atoms with Gasteiger partial charge in [-0.05, 0) is 18.6 Å². The lowest BCUT2D eigenvalue weighted by atomic mass is 10.1. The summed E-state index contributed by atoms with van der Waals surface area (Å²) in [6.07, 6.45) is -0.416. The van der Waals surface area contributed by atoms with E-state index in [1.807, 2.05) is 6.92 Å². The molecule has 0 aliphatic heterocycles. The molecule has 0 saturated heterocycles. The highest BCUT2D eigenvalue weighted by atomic mass is 35.5. The van der Waals surface area contributed by atoms with Crippen LogP contribution in [0.5, 0.6) is 0 Å². The number of benzene rings is 1. The zero-order valence-corrected chi connectivity index (χ0v) is 12.7. The second-order valence-corrected chi connectivity index (χ2v) is 4.89. The monoisotopic (exact) mass is 318 g/mol. The molecule has 0 aliphatic rings. The van der Waals surface area contributed by atoms with Crippen LogP contribution in [0, 0.1) is 0 Å². The Balaban J connectivity index is 2.49. The molecule has 0 fully saturated rings. The van der Waals surface area contributed by atoms with Gasteiger partial charge in [-0.15, -0.1) is 0 Å². The summed E-state index contributed by atoms with van der Waals surface area (Å²) in [4.78, 5) is 22.5. The average Bonchev–Trinajstić information content (AvgIpc) is 2.41. The van der Waals surface area contributed by atoms with Crippen LogP contribution < -0.4 is 10.6 Å². The number of methoxy groups -OCH3 is 1. The minimum absolute atomic E-state index is 0.150. The van der Waals surface area contributed by atoms with Gasteiger partial charge in [-0.25, -0.2) is 4.79 Å². The van der Waals surface area contributed by atoms with Gasteiger partial charge in [-0.3, -0.25) is 4.79 Å². The quantitative estimate of drug-likeness (QED) is 0.877. The number of nitrogens with one attached hydrogen (secondary N) is 2. The zero-order valence-electron chi connectivity index (χ0n) is 11.2. The van der Waals surface area contributed by atoms with E-state index in [0.29, 0.717) is 10.0 Å². The van der Waals surface area contributed by atoms with Crippen LogP contribution in [0.4, 0.5) is 4.79 Å². The molecule has 0 aromatic heterocycles. The zero-order chi connectivity index (χ0) is 15.1. The minimum atomic E-state index is -0.566. The summed E-state index contributed by atoms with van der Waals surface area (Å²) >= 11 is 12.0. The fraction of sp³-hybridized carbons (Fsp3) is 0.385. The first-order chi connectivity index (χ1) is 9.45. The van der Waals surface area contributed by atoms with Crippen molar-refractivity contribution in [2.24, 2.45) is 0 Å². The smallest absolute Gasteiger partial charge is 0.406 e. The fourth-order valence-corrected chi connectivity index (χ4v) is 2.07. The Hall–Kier alpha value is -1.46. The van der Waals surface area contributed by atoms with Gasteiger partial charge in [-0.1, -0.05) is 35.3 Å². The first-order valence-corrected chi connectivity index (χ1v) is 6.76. The second-order valence-electron chi connectivity index (χ2n) is 4.10. The molecule has 0 bridgehead atoms. The molecule has 7 heteroatoms. The molecule has 20 heavy (non-hydrogen) atoms. The van der Waals surface area contributed by atoms with Gasteiger partial charge in [0.05, 0.1) is 23.2 Å². The van der Waals surface area contributed by atoms with Crippen molar-refractivity contribution in [2.45, 2.75) is 19.4 Å². The van der Waals surface area contributed by atoms with Crippen LogP contribution in [0.2, 0.25) is 10.0 Å². The van der Waals surface area contributed by atoms with Crippen LogP contribution in [0.1, 0.15) is 24.9 Å². The van der Waals surface area contributed by atoms with Crippen molar-refractivity contribution in [3.8, 4) is 0 Å². The van der Waals surface area contributed by atoms with Crippen molar-refractivity contribution < 1.29 is 14.3 Å². The number of hydrogen-bond donors (Lipinski definition) is 2. The Kier molecular flexibility index (Phi) is 6.61. The highest BCUT2D eigenvalue weighted by Crippen LogP contribution is 2.29. The van der Waals surface area contributed by atoms with E-state index in [2.05, 4.69) is 15.4 Å². The van der Waals surface area contributed by atoms with Crippen molar-refractivity contribution in [3.05, 3.63) is 33.8 Å². The summed E-state index contributed by atoms with van der Waals surface area (Å²) in [5, 5.41) is 6.08. The number of amides is 2. The first kappa shape index (κ1) is 16.6. The molecule has 0 spiro atoms. The van der Waals surface area contributed by atoms with E-state index in [-0.39, 0.29) is 24.9 Å². The predicted octanol–water partition coefficient (Wildman–Crippen LogP) is 2.92. The minimum Gasteiger partial charge on any atom is -0.453 e.